The predicted molar refractivity (Wildman–Crippen MR) is 86.1 cm³/mol. The van der Waals surface area contributed by atoms with E-state index in [0.29, 0.717) is 17.7 Å². The highest BCUT2D eigenvalue weighted by atomic mass is 32.2. The summed E-state index contributed by atoms with van der Waals surface area (Å²) in [6.07, 6.45) is 7.26. The number of rotatable bonds is 6. The predicted octanol–water partition coefficient (Wildman–Crippen LogP) is 1.65. The van der Waals surface area contributed by atoms with E-state index in [4.69, 9.17) is 0 Å². The largest absolute Gasteiger partial charge is 0.341 e. The molecule has 6 heteroatoms. The summed E-state index contributed by atoms with van der Waals surface area (Å²) >= 11 is 1.75. The molecule has 1 aromatic heterocycles. The summed E-state index contributed by atoms with van der Waals surface area (Å²) in [7, 11) is 2.08. The Morgan fingerprint density at radius 2 is 2.24 bits per heavy atom. The molecule has 2 rings (SSSR count). The number of likely N-dealkylation sites (tertiary alicyclic amines) is 1. The van der Waals surface area contributed by atoms with Gasteiger partial charge in [-0.15, -0.1) is 0 Å². The third-order valence-corrected chi connectivity index (χ3v) is 4.99. The lowest BCUT2D eigenvalue weighted by Gasteiger charge is -2.24. The monoisotopic (exact) mass is 308 g/mol. The third kappa shape index (κ3) is 4.68. The molecule has 1 aliphatic rings. The topological polar surface area (TPSA) is 49.3 Å². The first-order valence-electron chi connectivity index (χ1n) is 7.37. The number of hydrogen-bond donors (Lipinski definition) is 0. The third-order valence-electron chi connectivity index (χ3n) is 4.01. The van der Waals surface area contributed by atoms with Crippen molar-refractivity contribution in [1.82, 2.24) is 19.8 Å². The zero-order chi connectivity index (χ0) is 15.2. The van der Waals surface area contributed by atoms with E-state index >= 15 is 0 Å². The van der Waals surface area contributed by atoms with Crippen LogP contribution in [0.2, 0.25) is 0 Å². The first kappa shape index (κ1) is 16.2. The van der Waals surface area contributed by atoms with E-state index in [2.05, 4.69) is 35.1 Å². The van der Waals surface area contributed by atoms with Crippen LogP contribution in [0.15, 0.2) is 18.5 Å². The summed E-state index contributed by atoms with van der Waals surface area (Å²) in [5.74, 6) is 1.12. The van der Waals surface area contributed by atoms with Crippen LogP contribution in [0, 0.1) is 0 Å². The standard InChI is InChI=1S/C15H24N4OS/c1-12(21-3)9-15(20)19-8-5-13(10-19)18(2)11-14-16-6-4-7-17-14/h4,6-7,12-13H,5,8-11H2,1-3H3/t12-,13+/m1/s1. The van der Waals surface area contributed by atoms with Crippen molar-refractivity contribution in [2.24, 2.45) is 0 Å². The summed E-state index contributed by atoms with van der Waals surface area (Å²) < 4.78 is 0. The van der Waals surface area contributed by atoms with Gasteiger partial charge in [-0.25, -0.2) is 9.97 Å². The minimum Gasteiger partial charge on any atom is -0.341 e. The van der Waals surface area contributed by atoms with Gasteiger partial charge in [0.05, 0.1) is 6.54 Å². The Labute approximate surface area is 131 Å². The van der Waals surface area contributed by atoms with Crippen LogP contribution in [0.5, 0.6) is 0 Å². The van der Waals surface area contributed by atoms with Crippen LogP contribution in [-0.4, -0.2) is 63.4 Å². The fraction of sp³-hybridized carbons (Fsp3) is 0.667. The van der Waals surface area contributed by atoms with Crippen molar-refractivity contribution in [1.29, 1.82) is 0 Å². The van der Waals surface area contributed by atoms with Crippen molar-refractivity contribution in [3.63, 3.8) is 0 Å². The summed E-state index contributed by atoms with van der Waals surface area (Å²) in [5.41, 5.74) is 0. The van der Waals surface area contributed by atoms with Crippen LogP contribution in [0.3, 0.4) is 0 Å². The lowest BCUT2D eigenvalue weighted by atomic mass is 10.2. The Morgan fingerprint density at radius 3 is 2.90 bits per heavy atom. The van der Waals surface area contributed by atoms with Crippen molar-refractivity contribution in [2.45, 2.75) is 37.6 Å². The number of aromatic nitrogens is 2. The average Bonchev–Trinajstić information content (AvgIpc) is 2.98. The Kier molecular flexibility index (Phi) is 5.99. The molecular weight excluding hydrogens is 284 g/mol. The molecule has 21 heavy (non-hydrogen) atoms. The van der Waals surface area contributed by atoms with E-state index in [9.17, 15) is 4.79 Å². The van der Waals surface area contributed by atoms with Gasteiger partial charge in [-0.1, -0.05) is 6.92 Å². The van der Waals surface area contributed by atoms with Crippen LogP contribution < -0.4 is 0 Å². The van der Waals surface area contributed by atoms with Crippen molar-refractivity contribution >= 4 is 17.7 Å². The van der Waals surface area contributed by atoms with Gasteiger partial charge in [0.25, 0.3) is 0 Å². The summed E-state index contributed by atoms with van der Waals surface area (Å²) in [6.45, 7) is 4.53. The first-order valence-corrected chi connectivity index (χ1v) is 8.65. The van der Waals surface area contributed by atoms with E-state index < -0.39 is 0 Å². The molecule has 1 aromatic rings. The average molecular weight is 308 g/mol. The molecule has 1 amide bonds. The highest BCUT2D eigenvalue weighted by Crippen LogP contribution is 2.19. The molecular formula is C15H24N4OS. The molecule has 5 nitrogen and oxygen atoms in total. The molecule has 0 spiro atoms. The lowest BCUT2D eigenvalue weighted by molar-refractivity contribution is -0.130. The van der Waals surface area contributed by atoms with Crippen LogP contribution >= 0.6 is 11.8 Å². The molecule has 116 valence electrons. The molecule has 2 heterocycles. The molecule has 1 saturated heterocycles. The molecule has 0 bridgehead atoms. The van der Waals surface area contributed by atoms with Crippen molar-refractivity contribution < 1.29 is 4.79 Å². The quantitative estimate of drug-likeness (QED) is 0.800. The van der Waals surface area contributed by atoms with E-state index in [1.54, 1.807) is 24.2 Å². The fourth-order valence-electron chi connectivity index (χ4n) is 2.55. The van der Waals surface area contributed by atoms with Gasteiger partial charge >= 0.3 is 0 Å². The van der Waals surface area contributed by atoms with Crippen molar-refractivity contribution in [3.05, 3.63) is 24.3 Å². The number of thioether (sulfide) groups is 1. The van der Waals surface area contributed by atoms with Crippen LogP contribution in [0.1, 0.15) is 25.6 Å². The van der Waals surface area contributed by atoms with E-state index in [1.807, 2.05) is 11.0 Å². The van der Waals surface area contributed by atoms with Gasteiger partial charge in [0, 0.05) is 43.2 Å². The Morgan fingerprint density at radius 1 is 1.52 bits per heavy atom. The Balaban J connectivity index is 1.83. The smallest absolute Gasteiger partial charge is 0.223 e. The lowest BCUT2D eigenvalue weighted by Crippen LogP contribution is -2.37. The van der Waals surface area contributed by atoms with E-state index in [0.717, 1.165) is 31.9 Å². The molecule has 2 atom stereocenters. The zero-order valence-corrected chi connectivity index (χ0v) is 13.8. The Hall–Kier alpha value is -1.14. The van der Waals surface area contributed by atoms with Crippen molar-refractivity contribution in [3.8, 4) is 0 Å². The van der Waals surface area contributed by atoms with E-state index in [-0.39, 0.29) is 5.91 Å². The number of amides is 1. The van der Waals surface area contributed by atoms with Crippen LogP contribution in [-0.2, 0) is 11.3 Å². The second-order valence-corrected chi connectivity index (χ2v) is 6.89. The Bertz CT molecular complexity index is 456. The molecule has 1 aliphatic heterocycles. The van der Waals surface area contributed by atoms with Gasteiger partial charge in [0.15, 0.2) is 0 Å². The maximum Gasteiger partial charge on any atom is 0.223 e. The van der Waals surface area contributed by atoms with Crippen LogP contribution in [0.25, 0.3) is 0 Å². The van der Waals surface area contributed by atoms with Gasteiger partial charge in [0.1, 0.15) is 5.82 Å². The van der Waals surface area contributed by atoms with Gasteiger partial charge in [-0.2, -0.15) is 11.8 Å². The number of nitrogens with zero attached hydrogens (tertiary/aromatic N) is 4. The molecule has 0 radical (unpaired) electrons. The summed E-state index contributed by atoms with van der Waals surface area (Å²) in [6, 6.07) is 2.23. The normalized spacial score (nSPS) is 20.0. The maximum absolute atomic E-state index is 12.2. The molecule has 0 saturated carbocycles. The van der Waals surface area contributed by atoms with E-state index in [1.165, 1.54) is 0 Å². The summed E-state index contributed by atoms with van der Waals surface area (Å²) in [4.78, 5) is 25.0. The zero-order valence-electron chi connectivity index (χ0n) is 13.0. The second kappa shape index (κ2) is 7.75. The summed E-state index contributed by atoms with van der Waals surface area (Å²) in [5, 5.41) is 0.395. The SMILES string of the molecule is CS[C@H](C)CC(=O)N1CC[C@H](N(C)Cc2ncccn2)C1. The molecule has 0 N–H and O–H groups in total. The minimum absolute atomic E-state index is 0.281. The number of carbonyl (C=O) groups is 1. The first-order chi connectivity index (χ1) is 10.1. The molecule has 1 fully saturated rings. The van der Waals surface area contributed by atoms with Crippen molar-refractivity contribution in [2.75, 3.05) is 26.4 Å². The highest BCUT2D eigenvalue weighted by molar-refractivity contribution is 7.99. The fourth-order valence-corrected chi connectivity index (χ4v) is 2.86. The number of likely N-dealkylation sites (N-methyl/N-ethyl adjacent to an activating group) is 1. The van der Waals surface area contributed by atoms with Crippen LogP contribution in [0.4, 0.5) is 0 Å². The minimum atomic E-state index is 0.281. The number of hydrogen-bond acceptors (Lipinski definition) is 5. The molecule has 0 aromatic carbocycles. The highest BCUT2D eigenvalue weighted by Gasteiger charge is 2.29. The molecule has 0 unspecified atom stereocenters. The van der Waals surface area contributed by atoms with Gasteiger partial charge in [-0.05, 0) is 25.8 Å². The van der Waals surface area contributed by atoms with Gasteiger partial charge in [0.2, 0.25) is 5.91 Å². The maximum atomic E-state index is 12.2. The second-order valence-electron chi connectivity index (χ2n) is 5.61. The van der Waals surface area contributed by atoms with Gasteiger partial charge in [-0.3, -0.25) is 9.69 Å². The van der Waals surface area contributed by atoms with Gasteiger partial charge < -0.3 is 4.90 Å². The number of carbonyl (C=O) groups excluding carboxylic acids is 1. The molecule has 0 aliphatic carbocycles.